The molecule has 35 heavy (non-hydrogen) atoms. The van der Waals surface area contributed by atoms with Gasteiger partial charge in [0.05, 0.1) is 27.2 Å². The van der Waals surface area contributed by atoms with Gasteiger partial charge >= 0.3 is 5.69 Å². The summed E-state index contributed by atoms with van der Waals surface area (Å²) in [6, 6.07) is 18.9. The second-order valence-corrected chi connectivity index (χ2v) is 11.2. The molecule has 0 saturated carbocycles. The largest absolute Gasteiger partial charge is 0.337 e. The van der Waals surface area contributed by atoms with E-state index in [1.165, 1.54) is 23.8 Å². The maximum absolute atomic E-state index is 13.2. The molecule has 9 heteroatoms. The maximum Gasteiger partial charge on any atom is 0.323 e. The molecule has 0 unspecified atom stereocenters. The van der Waals surface area contributed by atoms with Crippen molar-refractivity contribution in [3.8, 4) is 0 Å². The molecule has 1 aromatic heterocycles. The Morgan fingerprint density at radius 2 is 1.60 bits per heavy atom. The van der Waals surface area contributed by atoms with E-state index in [1.807, 2.05) is 12.1 Å². The van der Waals surface area contributed by atoms with Crippen LogP contribution in [0.3, 0.4) is 0 Å². The molecule has 0 radical (unpaired) electrons. The van der Waals surface area contributed by atoms with Crippen molar-refractivity contribution < 1.29 is 13.2 Å². The van der Waals surface area contributed by atoms with Crippen molar-refractivity contribution in [1.82, 2.24) is 14.9 Å². The van der Waals surface area contributed by atoms with E-state index in [9.17, 15) is 18.0 Å². The van der Waals surface area contributed by atoms with Crippen LogP contribution in [-0.2, 0) is 22.0 Å². The number of carbonyl (C=O) groups excluding carboxylic acids is 1. The summed E-state index contributed by atoms with van der Waals surface area (Å²) in [5.41, 5.74) is 3.08. The van der Waals surface area contributed by atoms with Gasteiger partial charge in [0.25, 0.3) is 15.9 Å². The summed E-state index contributed by atoms with van der Waals surface area (Å²) in [5.74, 6) is -0.311. The van der Waals surface area contributed by atoms with Crippen LogP contribution < -0.4 is 10.4 Å². The van der Waals surface area contributed by atoms with Gasteiger partial charge in [-0.2, -0.15) is 0 Å². The summed E-state index contributed by atoms with van der Waals surface area (Å²) in [5, 5.41) is 0. The molecular formula is C26H28N4O4S. The second kappa shape index (κ2) is 9.07. The van der Waals surface area contributed by atoms with Gasteiger partial charge in [-0.15, -0.1) is 0 Å². The van der Waals surface area contributed by atoms with Crippen LogP contribution in [0.25, 0.3) is 11.0 Å². The highest BCUT2D eigenvalue weighted by atomic mass is 32.2. The van der Waals surface area contributed by atoms with E-state index in [2.05, 4.69) is 47.6 Å². The highest BCUT2D eigenvalue weighted by molar-refractivity contribution is 7.92. The Morgan fingerprint density at radius 3 is 2.29 bits per heavy atom. The van der Waals surface area contributed by atoms with Crippen LogP contribution in [0.15, 0.2) is 76.4 Å². The highest BCUT2D eigenvalue weighted by Crippen LogP contribution is 2.25. The van der Waals surface area contributed by atoms with Crippen LogP contribution >= 0.6 is 0 Å². The van der Waals surface area contributed by atoms with Crippen molar-refractivity contribution in [2.75, 3.05) is 11.8 Å². The summed E-state index contributed by atoms with van der Waals surface area (Å²) in [4.78, 5) is 31.4. The number of rotatable bonds is 6. The Hall–Kier alpha value is -3.85. The number of H-pyrrole nitrogens is 2. The van der Waals surface area contributed by atoms with Crippen molar-refractivity contribution in [3.63, 3.8) is 0 Å². The normalized spacial score (nSPS) is 12.0. The standard InChI is InChI=1S/C26H28N4O4S/c1-26(2,3)18-11-9-17(10-12-18)16-30(4)24(31)20-7-5-6-8-21(20)29-35(33,34)19-13-14-22-23(15-19)28-25(32)27-22/h5-15,29H,16H2,1-4H3,(H2,27,28,32). The number of amides is 1. The Bertz CT molecular complexity index is 1540. The lowest BCUT2D eigenvalue weighted by molar-refractivity contribution is 0.0786. The lowest BCUT2D eigenvalue weighted by Crippen LogP contribution is -2.27. The third kappa shape index (κ3) is 5.30. The fraction of sp³-hybridized carbons (Fsp3) is 0.231. The number of fused-ring (bicyclic) bond motifs is 1. The number of aromatic amines is 2. The van der Waals surface area contributed by atoms with Crippen molar-refractivity contribution in [2.24, 2.45) is 0 Å². The van der Waals surface area contributed by atoms with E-state index in [-0.39, 0.29) is 27.5 Å². The maximum atomic E-state index is 13.2. The summed E-state index contributed by atoms with van der Waals surface area (Å²) in [6.07, 6.45) is 0. The molecule has 0 spiro atoms. The second-order valence-electron chi connectivity index (χ2n) is 9.55. The number of aromatic nitrogens is 2. The first kappa shape index (κ1) is 24.3. The van der Waals surface area contributed by atoms with Crippen molar-refractivity contribution in [1.29, 1.82) is 0 Å². The van der Waals surface area contributed by atoms with Gasteiger partial charge in [-0.3, -0.25) is 9.52 Å². The van der Waals surface area contributed by atoms with Crippen molar-refractivity contribution >= 4 is 32.7 Å². The lowest BCUT2D eigenvalue weighted by atomic mass is 9.87. The number of carbonyl (C=O) groups is 1. The molecule has 0 aliphatic heterocycles. The number of anilines is 1. The van der Waals surface area contributed by atoms with E-state index in [0.717, 1.165) is 5.56 Å². The minimum atomic E-state index is -4.01. The van der Waals surface area contributed by atoms with E-state index in [4.69, 9.17) is 0 Å². The van der Waals surface area contributed by atoms with Gasteiger partial charge in [-0.1, -0.05) is 57.2 Å². The van der Waals surface area contributed by atoms with Gasteiger partial charge in [0.15, 0.2) is 0 Å². The average molecular weight is 493 g/mol. The molecule has 0 bridgehead atoms. The van der Waals surface area contributed by atoms with Gasteiger partial charge < -0.3 is 14.9 Å². The summed E-state index contributed by atoms with van der Waals surface area (Å²) in [6.45, 7) is 6.81. The zero-order valence-corrected chi connectivity index (χ0v) is 20.9. The Morgan fingerprint density at radius 1 is 0.943 bits per heavy atom. The third-order valence-electron chi connectivity index (χ3n) is 5.79. The number of sulfonamides is 1. The molecule has 0 fully saturated rings. The minimum absolute atomic E-state index is 0.0326. The first-order valence-electron chi connectivity index (χ1n) is 11.1. The fourth-order valence-corrected chi connectivity index (χ4v) is 4.91. The molecule has 0 aliphatic rings. The molecule has 1 amide bonds. The molecule has 182 valence electrons. The molecule has 0 saturated heterocycles. The summed E-state index contributed by atoms with van der Waals surface area (Å²) >= 11 is 0. The Labute approximate surface area is 204 Å². The van der Waals surface area contributed by atoms with Gasteiger partial charge in [0.1, 0.15) is 0 Å². The van der Waals surface area contributed by atoms with Crippen molar-refractivity contribution in [3.05, 3.63) is 93.9 Å². The molecule has 3 N–H and O–H groups in total. The predicted molar refractivity (Wildman–Crippen MR) is 137 cm³/mol. The third-order valence-corrected chi connectivity index (χ3v) is 7.15. The first-order chi connectivity index (χ1) is 16.4. The van der Waals surface area contributed by atoms with Gasteiger partial charge in [-0.25, -0.2) is 13.2 Å². The highest BCUT2D eigenvalue weighted by Gasteiger charge is 2.21. The molecule has 4 rings (SSSR count). The van der Waals surface area contributed by atoms with Crippen LogP contribution in [0.5, 0.6) is 0 Å². The monoisotopic (exact) mass is 492 g/mol. The first-order valence-corrected chi connectivity index (χ1v) is 12.6. The van der Waals surface area contributed by atoms with Crippen molar-refractivity contribution in [2.45, 2.75) is 37.6 Å². The van der Waals surface area contributed by atoms with Crippen LogP contribution in [0, 0.1) is 0 Å². The number of nitrogens with zero attached hydrogens (tertiary/aromatic N) is 1. The summed E-state index contributed by atoms with van der Waals surface area (Å²) < 4.78 is 28.6. The summed E-state index contributed by atoms with van der Waals surface area (Å²) in [7, 11) is -2.33. The van der Waals surface area contributed by atoms with Crippen LogP contribution in [0.1, 0.15) is 42.3 Å². The molecular weight excluding hydrogens is 464 g/mol. The molecule has 1 heterocycles. The van der Waals surface area contributed by atoms with Crippen LogP contribution in [-0.4, -0.2) is 36.2 Å². The predicted octanol–water partition coefficient (Wildman–Crippen LogP) is 4.23. The van der Waals surface area contributed by atoms with E-state index in [1.54, 1.807) is 36.2 Å². The molecule has 0 atom stereocenters. The van der Waals surface area contributed by atoms with Gasteiger partial charge in [0, 0.05) is 13.6 Å². The average Bonchev–Trinajstić information content (AvgIpc) is 3.17. The zero-order valence-electron chi connectivity index (χ0n) is 20.0. The minimum Gasteiger partial charge on any atom is -0.337 e. The Kier molecular flexibility index (Phi) is 6.29. The SMILES string of the molecule is CN(Cc1ccc(C(C)(C)C)cc1)C(=O)c1ccccc1NS(=O)(=O)c1ccc2[nH]c(=O)[nH]c2c1. The number of para-hydroxylation sites is 1. The molecule has 8 nitrogen and oxygen atoms in total. The zero-order chi connectivity index (χ0) is 25.4. The molecule has 3 aromatic carbocycles. The van der Waals surface area contributed by atoms with Gasteiger partial charge in [0.2, 0.25) is 0 Å². The smallest absolute Gasteiger partial charge is 0.323 e. The van der Waals surface area contributed by atoms with Crippen LogP contribution in [0.2, 0.25) is 0 Å². The fourth-order valence-electron chi connectivity index (χ4n) is 3.80. The molecule has 4 aromatic rings. The number of nitrogens with one attached hydrogen (secondary N) is 3. The number of benzene rings is 3. The topological polar surface area (TPSA) is 115 Å². The number of imidazole rings is 1. The van der Waals surface area contributed by atoms with Crippen LogP contribution in [0.4, 0.5) is 5.69 Å². The Balaban J connectivity index is 1.55. The number of hydrogen-bond acceptors (Lipinski definition) is 4. The quantitative estimate of drug-likeness (QED) is 0.374. The van der Waals surface area contributed by atoms with E-state index < -0.39 is 15.7 Å². The lowest BCUT2D eigenvalue weighted by Gasteiger charge is -2.22. The van der Waals surface area contributed by atoms with E-state index in [0.29, 0.717) is 17.6 Å². The van der Waals surface area contributed by atoms with E-state index >= 15 is 0 Å². The van der Waals surface area contributed by atoms with Gasteiger partial charge in [-0.05, 0) is 46.9 Å². The molecule has 0 aliphatic carbocycles. The number of hydrogen-bond donors (Lipinski definition) is 3.